The van der Waals surface area contributed by atoms with Crippen LogP contribution in [0.25, 0.3) is 0 Å². The highest BCUT2D eigenvalue weighted by Gasteiger charge is 2.16. The van der Waals surface area contributed by atoms with Crippen molar-refractivity contribution in [2.45, 2.75) is 33.4 Å². The van der Waals surface area contributed by atoms with E-state index in [0.29, 0.717) is 5.92 Å². The molecule has 0 bridgehead atoms. The van der Waals surface area contributed by atoms with Gasteiger partial charge in [-0.15, -0.1) is 0 Å². The van der Waals surface area contributed by atoms with Gasteiger partial charge in [-0.1, -0.05) is 27.4 Å². The lowest BCUT2D eigenvalue weighted by Gasteiger charge is -2.27. The third-order valence-electron chi connectivity index (χ3n) is 1.91. The number of esters is 1. The molecule has 0 heterocycles. The van der Waals surface area contributed by atoms with Crippen molar-refractivity contribution in [3.8, 4) is 0 Å². The standard InChI is InChI=1S/C11H21NO2/c1-6-10(14-11(13)7-2)12(5)8-9(3)4/h7,9-10H,2,6,8H2,1,3-5H3. The SMILES string of the molecule is C=CC(=O)OC(CC)N(C)CC(C)C. The van der Waals surface area contributed by atoms with Crippen molar-refractivity contribution >= 4 is 5.97 Å². The Morgan fingerprint density at radius 3 is 2.50 bits per heavy atom. The Kier molecular flexibility index (Phi) is 6.21. The summed E-state index contributed by atoms with van der Waals surface area (Å²) in [5.74, 6) is 0.212. The molecule has 0 aromatic rings. The highest BCUT2D eigenvalue weighted by molar-refractivity contribution is 5.81. The molecule has 3 nitrogen and oxygen atoms in total. The van der Waals surface area contributed by atoms with Crippen LogP contribution in [0.2, 0.25) is 0 Å². The summed E-state index contributed by atoms with van der Waals surface area (Å²) < 4.78 is 5.18. The maximum atomic E-state index is 11.0. The molecule has 0 N–H and O–H groups in total. The second kappa shape index (κ2) is 6.60. The minimum Gasteiger partial charge on any atom is -0.443 e. The first-order chi connectivity index (χ1) is 6.51. The Morgan fingerprint density at radius 2 is 2.14 bits per heavy atom. The van der Waals surface area contributed by atoms with Crippen molar-refractivity contribution in [3.63, 3.8) is 0 Å². The monoisotopic (exact) mass is 199 g/mol. The molecule has 1 atom stereocenters. The fourth-order valence-electron chi connectivity index (χ4n) is 1.36. The first-order valence-corrected chi connectivity index (χ1v) is 5.04. The molecule has 0 rings (SSSR count). The van der Waals surface area contributed by atoms with Crippen LogP contribution in [0, 0.1) is 5.92 Å². The van der Waals surface area contributed by atoms with Crippen LogP contribution in [0.15, 0.2) is 12.7 Å². The molecule has 0 saturated carbocycles. The molecule has 0 aliphatic carbocycles. The molecule has 0 aromatic heterocycles. The zero-order valence-corrected chi connectivity index (χ0v) is 9.62. The molecule has 0 aromatic carbocycles. The molecule has 0 radical (unpaired) electrons. The van der Waals surface area contributed by atoms with Gasteiger partial charge in [0.25, 0.3) is 0 Å². The van der Waals surface area contributed by atoms with Gasteiger partial charge in [-0.05, 0) is 19.4 Å². The van der Waals surface area contributed by atoms with Gasteiger partial charge in [-0.3, -0.25) is 4.90 Å². The van der Waals surface area contributed by atoms with Crippen LogP contribution >= 0.6 is 0 Å². The third-order valence-corrected chi connectivity index (χ3v) is 1.91. The number of hydrogen-bond acceptors (Lipinski definition) is 3. The number of carbonyl (C=O) groups is 1. The molecular weight excluding hydrogens is 178 g/mol. The van der Waals surface area contributed by atoms with E-state index in [0.717, 1.165) is 13.0 Å². The molecule has 82 valence electrons. The number of hydrogen-bond donors (Lipinski definition) is 0. The zero-order valence-electron chi connectivity index (χ0n) is 9.62. The predicted octanol–water partition coefficient (Wildman–Crippen LogP) is 2.04. The first kappa shape index (κ1) is 13.2. The highest BCUT2D eigenvalue weighted by atomic mass is 16.6. The number of rotatable bonds is 6. The highest BCUT2D eigenvalue weighted by Crippen LogP contribution is 2.07. The maximum Gasteiger partial charge on any atom is 0.331 e. The summed E-state index contributed by atoms with van der Waals surface area (Å²) >= 11 is 0. The van der Waals surface area contributed by atoms with E-state index in [9.17, 15) is 4.79 Å². The van der Waals surface area contributed by atoms with E-state index in [4.69, 9.17) is 4.74 Å². The second-order valence-electron chi connectivity index (χ2n) is 3.84. The number of ether oxygens (including phenoxy) is 1. The quantitative estimate of drug-likeness (QED) is 0.372. The lowest BCUT2D eigenvalue weighted by atomic mass is 10.2. The Bertz CT molecular complexity index is 190. The first-order valence-electron chi connectivity index (χ1n) is 5.04. The van der Waals surface area contributed by atoms with Crippen LogP contribution in [-0.4, -0.2) is 30.7 Å². The van der Waals surface area contributed by atoms with Crippen LogP contribution in [0.3, 0.4) is 0 Å². The van der Waals surface area contributed by atoms with Gasteiger partial charge in [0, 0.05) is 12.6 Å². The molecule has 0 aliphatic rings. The summed E-state index contributed by atoms with van der Waals surface area (Å²) in [6.07, 6.45) is 1.86. The van der Waals surface area contributed by atoms with Crippen molar-refractivity contribution in [1.82, 2.24) is 4.90 Å². The summed E-state index contributed by atoms with van der Waals surface area (Å²) in [7, 11) is 1.96. The molecule has 14 heavy (non-hydrogen) atoms. The van der Waals surface area contributed by atoms with Gasteiger partial charge in [0.15, 0.2) is 6.23 Å². The summed E-state index contributed by atoms with van der Waals surface area (Å²) in [6.45, 7) is 10.6. The predicted molar refractivity (Wildman–Crippen MR) is 57.8 cm³/mol. The minimum absolute atomic E-state index is 0.136. The normalized spacial score (nSPS) is 13.0. The summed E-state index contributed by atoms with van der Waals surface area (Å²) in [5.41, 5.74) is 0. The molecule has 0 saturated heterocycles. The van der Waals surface area contributed by atoms with E-state index in [1.807, 2.05) is 18.9 Å². The molecule has 0 aliphatic heterocycles. The fourth-order valence-corrected chi connectivity index (χ4v) is 1.36. The fraction of sp³-hybridized carbons (Fsp3) is 0.727. The lowest BCUT2D eigenvalue weighted by Crippen LogP contribution is -2.37. The Morgan fingerprint density at radius 1 is 1.57 bits per heavy atom. The van der Waals surface area contributed by atoms with E-state index in [1.165, 1.54) is 6.08 Å². The average molecular weight is 199 g/mol. The summed E-state index contributed by atoms with van der Waals surface area (Å²) in [5, 5.41) is 0. The van der Waals surface area contributed by atoms with E-state index in [1.54, 1.807) is 0 Å². The smallest absolute Gasteiger partial charge is 0.331 e. The van der Waals surface area contributed by atoms with Crippen molar-refractivity contribution in [1.29, 1.82) is 0 Å². The van der Waals surface area contributed by atoms with Gasteiger partial charge in [0.05, 0.1) is 0 Å². The molecule has 0 amide bonds. The zero-order chi connectivity index (χ0) is 11.1. The number of nitrogens with zero attached hydrogens (tertiary/aromatic N) is 1. The average Bonchev–Trinajstić information content (AvgIpc) is 2.12. The van der Waals surface area contributed by atoms with Crippen LogP contribution in [0.5, 0.6) is 0 Å². The van der Waals surface area contributed by atoms with Crippen molar-refractivity contribution in [3.05, 3.63) is 12.7 Å². The van der Waals surface area contributed by atoms with E-state index < -0.39 is 0 Å². The van der Waals surface area contributed by atoms with Crippen molar-refractivity contribution in [2.24, 2.45) is 5.92 Å². The van der Waals surface area contributed by atoms with E-state index in [2.05, 4.69) is 20.4 Å². The lowest BCUT2D eigenvalue weighted by molar-refractivity contribution is -0.152. The molecule has 3 heteroatoms. The van der Waals surface area contributed by atoms with Gasteiger partial charge >= 0.3 is 5.97 Å². The Labute approximate surface area is 86.7 Å². The molecule has 1 unspecified atom stereocenters. The minimum atomic E-state index is -0.354. The molecular formula is C11H21NO2. The van der Waals surface area contributed by atoms with Gasteiger partial charge in [-0.2, -0.15) is 0 Å². The maximum absolute atomic E-state index is 11.0. The molecule has 0 spiro atoms. The van der Waals surface area contributed by atoms with Gasteiger partial charge < -0.3 is 4.74 Å². The van der Waals surface area contributed by atoms with Gasteiger partial charge in [0.1, 0.15) is 0 Å². The third kappa shape index (κ3) is 5.02. The summed E-state index contributed by atoms with van der Waals surface area (Å²) in [4.78, 5) is 13.1. The van der Waals surface area contributed by atoms with Crippen LogP contribution < -0.4 is 0 Å². The van der Waals surface area contributed by atoms with E-state index in [-0.39, 0.29) is 12.2 Å². The summed E-state index contributed by atoms with van der Waals surface area (Å²) in [6, 6.07) is 0. The van der Waals surface area contributed by atoms with E-state index >= 15 is 0 Å². The Hall–Kier alpha value is -0.830. The second-order valence-corrected chi connectivity index (χ2v) is 3.84. The van der Waals surface area contributed by atoms with Crippen LogP contribution in [0.4, 0.5) is 0 Å². The van der Waals surface area contributed by atoms with Crippen LogP contribution in [-0.2, 0) is 9.53 Å². The largest absolute Gasteiger partial charge is 0.443 e. The number of carbonyl (C=O) groups excluding carboxylic acids is 1. The van der Waals surface area contributed by atoms with Crippen molar-refractivity contribution in [2.75, 3.05) is 13.6 Å². The van der Waals surface area contributed by atoms with Gasteiger partial charge in [-0.25, -0.2) is 4.79 Å². The van der Waals surface area contributed by atoms with Crippen molar-refractivity contribution < 1.29 is 9.53 Å². The molecule has 0 fully saturated rings. The van der Waals surface area contributed by atoms with Gasteiger partial charge in [0.2, 0.25) is 0 Å². The topological polar surface area (TPSA) is 29.5 Å². The van der Waals surface area contributed by atoms with Crippen LogP contribution in [0.1, 0.15) is 27.2 Å². The Balaban J connectivity index is 4.11.